The van der Waals surface area contributed by atoms with Crippen molar-refractivity contribution < 1.29 is 14.5 Å². The smallest absolute Gasteiger partial charge is 0.410 e. The Labute approximate surface area is 139 Å². The van der Waals surface area contributed by atoms with Gasteiger partial charge < -0.3 is 4.74 Å². The average molecular weight is 326 g/mol. The van der Waals surface area contributed by atoms with Gasteiger partial charge in [0.2, 0.25) is 0 Å². The van der Waals surface area contributed by atoms with Crippen LogP contribution in [0, 0.1) is 10.1 Å². The Morgan fingerprint density at radius 2 is 2.04 bits per heavy atom. The maximum Gasteiger partial charge on any atom is 0.410 e. The second kappa shape index (κ2) is 6.70. The van der Waals surface area contributed by atoms with E-state index >= 15 is 0 Å². The molecule has 0 spiro atoms. The van der Waals surface area contributed by atoms with E-state index in [1.807, 2.05) is 30.3 Å². The third-order valence-electron chi connectivity index (χ3n) is 4.19. The van der Waals surface area contributed by atoms with Gasteiger partial charge >= 0.3 is 6.09 Å². The first-order valence-corrected chi connectivity index (χ1v) is 7.87. The lowest BCUT2D eigenvalue weighted by molar-refractivity contribution is -0.385. The predicted octanol–water partition coefficient (Wildman–Crippen LogP) is 3.70. The molecule has 0 radical (unpaired) electrons. The maximum atomic E-state index is 12.4. The minimum absolute atomic E-state index is 0.0281. The number of nitro benzene ring substituents is 1. The molecule has 1 aliphatic heterocycles. The van der Waals surface area contributed by atoms with Crippen LogP contribution in [0.4, 0.5) is 10.5 Å². The Hall–Kier alpha value is -2.89. The predicted molar refractivity (Wildman–Crippen MR) is 88.8 cm³/mol. The summed E-state index contributed by atoms with van der Waals surface area (Å²) in [6.45, 7) is 2.57. The number of hydrogen-bond donors (Lipinski definition) is 0. The van der Waals surface area contributed by atoms with Crippen molar-refractivity contribution in [3.63, 3.8) is 0 Å². The van der Waals surface area contributed by atoms with Crippen molar-refractivity contribution in [1.82, 2.24) is 4.90 Å². The number of nitro groups is 1. The van der Waals surface area contributed by atoms with Crippen molar-refractivity contribution in [3.8, 4) is 0 Å². The summed E-state index contributed by atoms with van der Waals surface area (Å²) in [6, 6.07) is 14.0. The van der Waals surface area contributed by atoms with Gasteiger partial charge in [0.25, 0.3) is 5.69 Å². The number of carbonyl (C=O) groups excluding carboxylic acids is 1. The van der Waals surface area contributed by atoms with Crippen molar-refractivity contribution in [1.29, 1.82) is 0 Å². The standard InChI is InChI=1S/C18H18N2O4/c1-2-24-18(21)19-11-10-13-8-9-15(20(22)23)12-16(13)17(19)14-6-4-3-5-7-14/h3-9,12,17H,2,10-11H2,1H3. The Balaban J connectivity index is 2.11. The zero-order valence-corrected chi connectivity index (χ0v) is 13.3. The van der Waals surface area contributed by atoms with Gasteiger partial charge in [0.05, 0.1) is 17.6 Å². The zero-order chi connectivity index (χ0) is 17.1. The van der Waals surface area contributed by atoms with Crippen LogP contribution in [0.2, 0.25) is 0 Å². The molecule has 124 valence electrons. The van der Waals surface area contributed by atoms with Crippen LogP contribution in [0.3, 0.4) is 0 Å². The topological polar surface area (TPSA) is 72.7 Å². The fourth-order valence-electron chi connectivity index (χ4n) is 3.11. The van der Waals surface area contributed by atoms with Crippen LogP contribution in [-0.2, 0) is 11.2 Å². The van der Waals surface area contributed by atoms with E-state index < -0.39 is 11.0 Å². The molecule has 2 aromatic rings. The van der Waals surface area contributed by atoms with E-state index in [4.69, 9.17) is 4.74 Å². The molecule has 6 nitrogen and oxygen atoms in total. The van der Waals surface area contributed by atoms with Gasteiger partial charge in [-0.2, -0.15) is 0 Å². The largest absolute Gasteiger partial charge is 0.450 e. The lowest BCUT2D eigenvalue weighted by atomic mass is 9.88. The van der Waals surface area contributed by atoms with Gasteiger partial charge in [-0.1, -0.05) is 36.4 Å². The second-order valence-corrected chi connectivity index (χ2v) is 5.60. The second-order valence-electron chi connectivity index (χ2n) is 5.60. The molecule has 3 rings (SSSR count). The third kappa shape index (κ3) is 2.95. The zero-order valence-electron chi connectivity index (χ0n) is 13.3. The molecule has 1 aliphatic rings. The number of ether oxygens (including phenoxy) is 1. The quantitative estimate of drug-likeness (QED) is 0.637. The van der Waals surface area contributed by atoms with Crippen LogP contribution in [-0.4, -0.2) is 29.1 Å². The Kier molecular flexibility index (Phi) is 4.46. The van der Waals surface area contributed by atoms with Gasteiger partial charge in [-0.25, -0.2) is 4.79 Å². The molecule has 1 heterocycles. The summed E-state index contributed by atoms with van der Waals surface area (Å²) in [5.41, 5.74) is 2.75. The van der Waals surface area contributed by atoms with Gasteiger partial charge in [-0.3, -0.25) is 15.0 Å². The molecule has 1 unspecified atom stereocenters. The molecular weight excluding hydrogens is 308 g/mol. The van der Waals surface area contributed by atoms with E-state index in [-0.39, 0.29) is 11.7 Å². The number of carbonyl (C=O) groups is 1. The molecule has 1 amide bonds. The molecular formula is C18H18N2O4. The maximum absolute atomic E-state index is 12.4. The van der Waals surface area contributed by atoms with E-state index in [0.717, 1.165) is 16.7 Å². The molecule has 0 fully saturated rings. The minimum atomic E-state index is -0.411. The first-order valence-electron chi connectivity index (χ1n) is 7.87. The van der Waals surface area contributed by atoms with E-state index in [1.54, 1.807) is 24.0 Å². The van der Waals surface area contributed by atoms with Crippen molar-refractivity contribution in [2.45, 2.75) is 19.4 Å². The first kappa shape index (κ1) is 16.0. The minimum Gasteiger partial charge on any atom is -0.450 e. The molecule has 6 heteroatoms. The highest BCUT2D eigenvalue weighted by molar-refractivity contribution is 5.70. The van der Waals surface area contributed by atoms with Crippen molar-refractivity contribution >= 4 is 11.8 Å². The number of amides is 1. The molecule has 0 N–H and O–H groups in total. The van der Waals surface area contributed by atoms with Crippen LogP contribution in [0.25, 0.3) is 0 Å². The summed E-state index contributed by atoms with van der Waals surface area (Å²) in [7, 11) is 0. The molecule has 0 saturated heterocycles. The number of fused-ring (bicyclic) bond motifs is 1. The number of hydrogen-bond acceptors (Lipinski definition) is 4. The first-order chi connectivity index (χ1) is 11.6. The molecule has 0 aliphatic carbocycles. The van der Waals surface area contributed by atoms with Crippen molar-refractivity contribution in [2.24, 2.45) is 0 Å². The van der Waals surface area contributed by atoms with E-state index in [9.17, 15) is 14.9 Å². The number of benzene rings is 2. The fraction of sp³-hybridized carbons (Fsp3) is 0.278. The van der Waals surface area contributed by atoms with Crippen molar-refractivity contribution in [2.75, 3.05) is 13.2 Å². The highest BCUT2D eigenvalue weighted by Crippen LogP contribution is 2.37. The fourth-order valence-corrected chi connectivity index (χ4v) is 3.11. The lowest BCUT2D eigenvalue weighted by Crippen LogP contribution is -2.41. The third-order valence-corrected chi connectivity index (χ3v) is 4.19. The number of rotatable bonds is 3. The van der Waals surface area contributed by atoms with E-state index in [0.29, 0.717) is 19.6 Å². The molecule has 24 heavy (non-hydrogen) atoms. The van der Waals surface area contributed by atoms with Crippen LogP contribution in [0.5, 0.6) is 0 Å². The Morgan fingerprint density at radius 1 is 1.29 bits per heavy atom. The van der Waals surface area contributed by atoms with Gasteiger partial charge in [0.1, 0.15) is 0 Å². The summed E-state index contributed by atoms with van der Waals surface area (Å²) in [6.07, 6.45) is 0.249. The van der Waals surface area contributed by atoms with Crippen LogP contribution >= 0.6 is 0 Å². The summed E-state index contributed by atoms with van der Waals surface area (Å²) < 4.78 is 5.18. The Bertz CT molecular complexity index is 761. The van der Waals surface area contributed by atoms with Crippen molar-refractivity contribution in [3.05, 3.63) is 75.3 Å². The Morgan fingerprint density at radius 3 is 2.71 bits per heavy atom. The van der Waals surface area contributed by atoms with E-state index in [2.05, 4.69) is 0 Å². The normalized spacial score (nSPS) is 16.4. The summed E-state index contributed by atoms with van der Waals surface area (Å²) >= 11 is 0. The summed E-state index contributed by atoms with van der Waals surface area (Å²) in [4.78, 5) is 24.8. The van der Waals surface area contributed by atoms with Gasteiger partial charge in [0.15, 0.2) is 0 Å². The SMILES string of the molecule is CCOC(=O)N1CCc2ccc([N+](=O)[O-])cc2C1c1ccccc1. The lowest BCUT2D eigenvalue weighted by Gasteiger charge is -2.36. The van der Waals surface area contributed by atoms with Crippen LogP contribution in [0.15, 0.2) is 48.5 Å². The highest BCUT2D eigenvalue weighted by atomic mass is 16.6. The summed E-state index contributed by atoms with van der Waals surface area (Å²) in [5, 5.41) is 11.1. The van der Waals surface area contributed by atoms with E-state index in [1.165, 1.54) is 6.07 Å². The van der Waals surface area contributed by atoms with Gasteiger partial charge in [-0.15, -0.1) is 0 Å². The molecule has 2 aromatic carbocycles. The molecule has 0 aromatic heterocycles. The van der Waals surface area contributed by atoms with Gasteiger partial charge in [-0.05, 0) is 30.0 Å². The molecule has 0 saturated carbocycles. The monoisotopic (exact) mass is 326 g/mol. The molecule has 1 atom stereocenters. The molecule has 0 bridgehead atoms. The average Bonchev–Trinajstić information content (AvgIpc) is 2.61. The number of nitrogens with zero attached hydrogens (tertiary/aromatic N) is 2. The van der Waals surface area contributed by atoms with Crippen LogP contribution < -0.4 is 0 Å². The number of non-ortho nitro benzene ring substituents is 1. The van der Waals surface area contributed by atoms with Gasteiger partial charge in [0, 0.05) is 18.7 Å². The highest BCUT2D eigenvalue weighted by Gasteiger charge is 2.33. The summed E-state index contributed by atoms with van der Waals surface area (Å²) in [5.74, 6) is 0. The van der Waals surface area contributed by atoms with Crippen LogP contribution in [0.1, 0.15) is 29.7 Å².